The molecule has 0 spiro atoms. The summed E-state index contributed by atoms with van der Waals surface area (Å²) in [7, 11) is 0. The zero-order chi connectivity index (χ0) is 15.2. The highest BCUT2D eigenvalue weighted by molar-refractivity contribution is 9.10. The minimum Gasteiger partial charge on any atom is -0.491 e. The van der Waals surface area contributed by atoms with E-state index < -0.39 is 0 Å². The maximum Gasteiger partial charge on any atom is 0.138 e. The van der Waals surface area contributed by atoms with Crippen molar-refractivity contribution in [2.75, 3.05) is 0 Å². The van der Waals surface area contributed by atoms with Gasteiger partial charge in [-0.15, -0.1) is 0 Å². The van der Waals surface area contributed by atoms with Crippen molar-refractivity contribution in [3.8, 4) is 11.5 Å². The molecule has 21 heavy (non-hydrogen) atoms. The summed E-state index contributed by atoms with van der Waals surface area (Å²) in [4.78, 5) is 0. The molecule has 0 aliphatic heterocycles. The topological polar surface area (TPSA) is 18.5 Å². The fourth-order valence-electron chi connectivity index (χ4n) is 1.73. The van der Waals surface area contributed by atoms with Crippen LogP contribution in [0.5, 0.6) is 11.5 Å². The van der Waals surface area contributed by atoms with E-state index in [4.69, 9.17) is 21.1 Å². The summed E-state index contributed by atoms with van der Waals surface area (Å²) < 4.78 is 12.5. The van der Waals surface area contributed by atoms with Gasteiger partial charge in [0, 0.05) is 10.5 Å². The van der Waals surface area contributed by atoms with Crippen LogP contribution in [0.4, 0.5) is 0 Å². The van der Waals surface area contributed by atoms with Gasteiger partial charge in [0.1, 0.15) is 18.1 Å². The van der Waals surface area contributed by atoms with E-state index in [0.717, 1.165) is 22.2 Å². The van der Waals surface area contributed by atoms with Crippen molar-refractivity contribution in [1.29, 1.82) is 0 Å². The van der Waals surface area contributed by atoms with Gasteiger partial charge in [-0.2, -0.15) is 0 Å². The quantitative estimate of drug-likeness (QED) is 0.635. The number of ether oxygens (including phenoxy) is 2. The summed E-state index contributed by atoms with van der Waals surface area (Å²) in [5, 5.41) is 0.563. The van der Waals surface area contributed by atoms with E-state index in [-0.39, 0.29) is 6.10 Å². The number of benzene rings is 2. The molecule has 0 fully saturated rings. The maximum atomic E-state index is 6.23. The molecule has 0 saturated heterocycles. The van der Waals surface area contributed by atoms with E-state index in [1.165, 1.54) is 0 Å². The summed E-state index contributed by atoms with van der Waals surface area (Å²) in [5.74, 6) is 1.43. The second kappa shape index (κ2) is 7.71. The first-order valence-electron chi connectivity index (χ1n) is 6.92. The zero-order valence-corrected chi connectivity index (χ0v) is 14.4. The first kappa shape index (κ1) is 16.2. The van der Waals surface area contributed by atoms with Crippen molar-refractivity contribution in [2.45, 2.75) is 33.0 Å². The molecule has 0 aliphatic rings. The number of rotatable bonds is 6. The second-order valence-electron chi connectivity index (χ2n) is 4.84. The summed E-state index contributed by atoms with van der Waals surface area (Å²) >= 11 is 9.65. The van der Waals surface area contributed by atoms with Gasteiger partial charge in [0.2, 0.25) is 0 Å². The SMILES string of the molecule is CCC(C)Oc1ccc(OCc2ccc(Br)cc2)c(Cl)c1. The molecular weight excluding hydrogens is 352 g/mol. The van der Waals surface area contributed by atoms with Crippen LogP contribution in [0.15, 0.2) is 46.9 Å². The first-order valence-corrected chi connectivity index (χ1v) is 8.09. The minimum atomic E-state index is 0.176. The maximum absolute atomic E-state index is 6.23. The van der Waals surface area contributed by atoms with Crippen LogP contribution in [0, 0.1) is 0 Å². The van der Waals surface area contributed by atoms with Crippen LogP contribution in [-0.4, -0.2) is 6.10 Å². The first-order chi connectivity index (χ1) is 10.1. The Hall–Kier alpha value is -1.19. The van der Waals surface area contributed by atoms with Crippen molar-refractivity contribution in [3.63, 3.8) is 0 Å². The van der Waals surface area contributed by atoms with Gasteiger partial charge in [-0.25, -0.2) is 0 Å². The molecule has 0 radical (unpaired) electrons. The highest BCUT2D eigenvalue weighted by atomic mass is 79.9. The predicted octanol–water partition coefficient (Wildman–Crippen LogP) is 5.86. The van der Waals surface area contributed by atoms with Crippen LogP contribution < -0.4 is 9.47 Å². The molecular formula is C17H18BrClO2. The average molecular weight is 370 g/mol. The van der Waals surface area contributed by atoms with Crippen LogP contribution in [0.1, 0.15) is 25.8 Å². The molecule has 1 atom stereocenters. The number of hydrogen-bond acceptors (Lipinski definition) is 2. The molecule has 2 aromatic rings. The highest BCUT2D eigenvalue weighted by Gasteiger charge is 2.07. The highest BCUT2D eigenvalue weighted by Crippen LogP contribution is 2.30. The Kier molecular flexibility index (Phi) is 5.95. The van der Waals surface area contributed by atoms with Gasteiger partial charge in [0.15, 0.2) is 0 Å². The van der Waals surface area contributed by atoms with Crippen LogP contribution in [0.2, 0.25) is 5.02 Å². The van der Waals surface area contributed by atoms with Gasteiger partial charge in [-0.05, 0) is 43.2 Å². The molecule has 2 aromatic carbocycles. The van der Waals surface area contributed by atoms with Gasteiger partial charge in [-0.1, -0.05) is 46.6 Å². The smallest absolute Gasteiger partial charge is 0.138 e. The van der Waals surface area contributed by atoms with Crippen molar-refractivity contribution in [2.24, 2.45) is 0 Å². The standard InChI is InChI=1S/C17H18BrClO2/c1-3-12(2)21-15-8-9-17(16(19)10-15)20-11-13-4-6-14(18)7-5-13/h4-10,12H,3,11H2,1-2H3. The fraction of sp³-hybridized carbons (Fsp3) is 0.294. The third-order valence-electron chi connectivity index (χ3n) is 3.12. The van der Waals surface area contributed by atoms with Gasteiger partial charge >= 0.3 is 0 Å². The molecule has 112 valence electrons. The van der Waals surface area contributed by atoms with E-state index in [0.29, 0.717) is 17.4 Å². The average Bonchev–Trinajstić information content (AvgIpc) is 2.48. The molecule has 0 N–H and O–H groups in total. The molecule has 0 saturated carbocycles. The van der Waals surface area contributed by atoms with Gasteiger partial charge in [0.25, 0.3) is 0 Å². The normalized spacial score (nSPS) is 12.0. The van der Waals surface area contributed by atoms with Crippen molar-refractivity contribution in [1.82, 2.24) is 0 Å². The molecule has 0 amide bonds. The van der Waals surface area contributed by atoms with E-state index in [1.807, 2.05) is 43.3 Å². The Labute approximate surface area is 139 Å². The van der Waals surface area contributed by atoms with Gasteiger partial charge < -0.3 is 9.47 Å². The molecule has 2 rings (SSSR count). The van der Waals surface area contributed by atoms with Crippen LogP contribution in [0.3, 0.4) is 0 Å². The lowest BCUT2D eigenvalue weighted by Gasteiger charge is -2.14. The summed E-state index contributed by atoms with van der Waals surface area (Å²) in [6.45, 7) is 4.60. The monoisotopic (exact) mass is 368 g/mol. The molecule has 0 aliphatic carbocycles. The van der Waals surface area contributed by atoms with Crippen LogP contribution in [0.25, 0.3) is 0 Å². The summed E-state index contributed by atoms with van der Waals surface area (Å²) in [5.41, 5.74) is 1.09. The molecule has 4 heteroatoms. The van der Waals surface area contributed by atoms with E-state index in [1.54, 1.807) is 6.07 Å². The molecule has 0 bridgehead atoms. The number of hydrogen-bond donors (Lipinski definition) is 0. The Morgan fingerprint density at radius 3 is 2.48 bits per heavy atom. The molecule has 1 unspecified atom stereocenters. The van der Waals surface area contributed by atoms with E-state index in [2.05, 4.69) is 22.9 Å². The van der Waals surface area contributed by atoms with Crippen molar-refractivity contribution < 1.29 is 9.47 Å². The lowest BCUT2D eigenvalue weighted by Crippen LogP contribution is -2.09. The lowest BCUT2D eigenvalue weighted by atomic mass is 10.2. The zero-order valence-electron chi connectivity index (χ0n) is 12.1. The molecule has 2 nitrogen and oxygen atoms in total. The van der Waals surface area contributed by atoms with Crippen molar-refractivity contribution >= 4 is 27.5 Å². The predicted molar refractivity (Wildman–Crippen MR) is 90.3 cm³/mol. The summed E-state index contributed by atoms with van der Waals surface area (Å²) in [6, 6.07) is 13.5. The second-order valence-corrected chi connectivity index (χ2v) is 6.17. The van der Waals surface area contributed by atoms with Crippen LogP contribution in [-0.2, 0) is 6.61 Å². The number of halogens is 2. The van der Waals surface area contributed by atoms with E-state index >= 15 is 0 Å². The summed E-state index contributed by atoms with van der Waals surface area (Å²) in [6.07, 6.45) is 1.13. The third kappa shape index (κ3) is 4.94. The Bertz CT molecular complexity index is 584. The van der Waals surface area contributed by atoms with Gasteiger partial charge in [-0.3, -0.25) is 0 Å². The largest absolute Gasteiger partial charge is 0.491 e. The molecule has 0 heterocycles. The third-order valence-corrected chi connectivity index (χ3v) is 3.95. The van der Waals surface area contributed by atoms with Crippen LogP contribution >= 0.6 is 27.5 Å². The fourth-order valence-corrected chi connectivity index (χ4v) is 2.22. The Balaban J connectivity index is 1.99. The van der Waals surface area contributed by atoms with E-state index in [9.17, 15) is 0 Å². The molecule has 0 aromatic heterocycles. The Morgan fingerprint density at radius 1 is 1.14 bits per heavy atom. The van der Waals surface area contributed by atoms with Crippen molar-refractivity contribution in [3.05, 3.63) is 57.5 Å². The lowest BCUT2D eigenvalue weighted by molar-refractivity contribution is 0.217. The minimum absolute atomic E-state index is 0.176. The Morgan fingerprint density at radius 2 is 1.86 bits per heavy atom. The van der Waals surface area contributed by atoms with Gasteiger partial charge in [0.05, 0.1) is 11.1 Å².